The number of carbonyl (C=O) groups is 1. The lowest BCUT2D eigenvalue weighted by Crippen LogP contribution is -2.48. The summed E-state index contributed by atoms with van der Waals surface area (Å²) in [5.41, 5.74) is 3.31. The average molecular weight is 421 g/mol. The van der Waals surface area contributed by atoms with Crippen LogP contribution in [-0.4, -0.2) is 60.0 Å². The quantitative estimate of drug-likeness (QED) is 0.608. The zero-order chi connectivity index (χ0) is 20.6. The third-order valence-corrected chi connectivity index (χ3v) is 6.32. The number of nitrogens with one attached hydrogen (secondary N) is 1. The molecule has 1 N–H and O–H groups in total. The van der Waals surface area contributed by atoms with Crippen LogP contribution in [0.5, 0.6) is 0 Å². The summed E-state index contributed by atoms with van der Waals surface area (Å²) in [5.74, 6) is 0.0441. The normalized spacial score (nSPS) is 15.2. The molecular formula is C24H28N4OS. The van der Waals surface area contributed by atoms with E-state index < -0.39 is 0 Å². The first kappa shape index (κ1) is 20.7. The number of hydrogen-bond donors (Lipinski definition) is 1. The van der Waals surface area contributed by atoms with Crippen LogP contribution in [0.4, 0.5) is 0 Å². The predicted molar refractivity (Wildman–Crippen MR) is 122 cm³/mol. The van der Waals surface area contributed by atoms with Gasteiger partial charge < -0.3 is 5.32 Å². The molecule has 2 heterocycles. The Labute approximate surface area is 182 Å². The van der Waals surface area contributed by atoms with Gasteiger partial charge in [0, 0.05) is 56.8 Å². The van der Waals surface area contributed by atoms with Crippen LogP contribution in [0.15, 0.2) is 66.0 Å². The van der Waals surface area contributed by atoms with E-state index in [0.717, 1.165) is 55.5 Å². The minimum absolute atomic E-state index is 0.0441. The molecular weight excluding hydrogens is 392 g/mol. The number of aromatic nitrogens is 1. The maximum atomic E-state index is 12.3. The third kappa shape index (κ3) is 5.98. The monoisotopic (exact) mass is 420 g/mol. The van der Waals surface area contributed by atoms with Crippen molar-refractivity contribution in [1.82, 2.24) is 20.1 Å². The largest absolute Gasteiger partial charge is 0.354 e. The van der Waals surface area contributed by atoms with Crippen molar-refractivity contribution in [3.63, 3.8) is 0 Å². The number of amides is 1. The van der Waals surface area contributed by atoms with Crippen LogP contribution in [0.25, 0.3) is 10.6 Å². The molecule has 0 bridgehead atoms. The molecule has 0 atom stereocenters. The van der Waals surface area contributed by atoms with Crippen LogP contribution in [-0.2, 0) is 17.8 Å². The summed E-state index contributed by atoms with van der Waals surface area (Å²) in [6, 6.07) is 20.7. The molecule has 2 aromatic carbocycles. The van der Waals surface area contributed by atoms with Gasteiger partial charge in [-0.3, -0.25) is 14.6 Å². The van der Waals surface area contributed by atoms with Crippen molar-refractivity contribution in [3.05, 3.63) is 77.3 Å². The van der Waals surface area contributed by atoms with Crippen molar-refractivity contribution in [2.45, 2.75) is 13.0 Å². The third-order valence-electron chi connectivity index (χ3n) is 5.38. The van der Waals surface area contributed by atoms with Crippen molar-refractivity contribution in [3.8, 4) is 10.6 Å². The van der Waals surface area contributed by atoms with E-state index in [2.05, 4.69) is 50.4 Å². The van der Waals surface area contributed by atoms with Gasteiger partial charge in [0.25, 0.3) is 0 Å². The first-order chi connectivity index (χ1) is 14.8. The van der Waals surface area contributed by atoms with E-state index in [9.17, 15) is 4.79 Å². The summed E-state index contributed by atoms with van der Waals surface area (Å²) in [7, 11) is 0. The summed E-state index contributed by atoms with van der Waals surface area (Å²) in [6.45, 7) is 6.85. The molecule has 1 aromatic heterocycles. The van der Waals surface area contributed by atoms with Crippen molar-refractivity contribution >= 4 is 17.2 Å². The molecule has 0 radical (unpaired) electrons. The Kier molecular flexibility index (Phi) is 7.24. The number of hydrogen-bond acceptors (Lipinski definition) is 5. The van der Waals surface area contributed by atoms with Gasteiger partial charge in [0.05, 0.1) is 12.1 Å². The molecule has 0 unspecified atom stereocenters. The molecule has 5 nitrogen and oxygen atoms in total. The number of rotatable bonds is 8. The number of nitrogens with zero attached hydrogens (tertiary/aromatic N) is 3. The second kappa shape index (κ2) is 10.5. The van der Waals surface area contributed by atoms with E-state index in [1.165, 1.54) is 5.56 Å². The Morgan fingerprint density at radius 3 is 2.33 bits per heavy atom. The van der Waals surface area contributed by atoms with Gasteiger partial charge in [0.1, 0.15) is 5.01 Å². The highest BCUT2D eigenvalue weighted by Gasteiger charge is 2.17. The Bertz CT molecular complexity index is 921. The Morgan fingerprint density at radius 1 is 0.933 bits per heavy atom. The second-order valence-electron chi connectivity index (χ2n) is 7.64. The number of piperazine rings is 1. The molecule has 30 heavy (non-hydrogen) atoms. The lowest BCUT2D eigenvalue weighted by atomic mass is 10.2. The lowest BCUT2D eigenvalue weighted by Gasteiger charge is -2.34. The van der Waals surface area contributed by atoms with Gasteiger partial charge in [-0.25, -0.2) is 4.98 Å². The molecule has 4 rings (SSSR count). The molecule has 1 saturated heterocycles. The fourth-order valence-electron chi connectivity index (χ4n) is 3.69. The summed E-state index contributed by atoms with van der Waals surface area (Å²) >= 11 is 1.59. The van der Waals surface area contributed by atoms with Crippen LogP contribution in [0.1, 0.15) is 11.3 Å². The zero-order valence-electron chi connectivity index (χ0n) is 17.2. The van der Waals surface area contributed by atoms with Crippen LogP contribution < -0.4 is 5.32 Å². The fourth-order valence-corrected chi connectivity index (χ4v) is 4.52. The molecule has 1 aliphatic heterocycles. The molecule has 1 amide bonds. The van der Waals surface area contributed by atoms with Crippen molar-refractivity contribution in [2.24, 2.45) is 0 Å². The molecule has 1 fully saturated rings. The Hall–Kier alpha value is -2.54. The summed E-state index contributed by atoms with van der Waals surface area (Å²) < 4.78 is 0. The van der Waals surface area contributed by atoms with Crippen LogP contribution in [0.3, 0.4) is 0 Å². The van der Waals surface area contributed by atoms with Crippen molar-refractivity contribution < 1.29 is 4.79 Å². The van der Waals surface area contributed by atoms with E-state index in [4.69, 9.17) is 0 Å². The highest BCUT2D eigenvalue weighted by Crippen LogP contribution is 2.23. The molecule has 156 valence electrons. The van der Waals surface area contributed by atoms with Gasteiger partial charge in [-0.05, 0) is 5.56 Å². The van der Waals surface area contributed by atoms with E-state index in [1.54, 1.807) is 11.3 Å². The van der Waals surface area contributed by atoms with Gasteiger partial charge >= 0.3 is 0 Å². The van der Waals surface area contributed by atoms with Gasteiger partial charge in [0.15, 0.2) is 0 Å². The van der Waals surface area contributed by atoms with Gasteiger partial charge in [0.2, 0.25) is 5.91 Å². The van der Waals surface area contributed by atoms with Crippen LogP contribution in [0, 0.1) is 0 Å². The lowest BCUT2D eigenvalue weighted by molar-refractivity contribution is -0.120. The topological polar surface area (TPSA) is 48.5 Å². The fraction of sp³-hybridized carbons (Fsp3) is 0.333. The van der Waals surface area contributed by atoms with Crippen LogP contribution >= 0.6 is 11.3 Å². The highest BCUT2D eigenvalue weighted by molar-refractivity contribution is 7.13. The van der Waals surface area contributed by atoms with E-state index in [0.29, 0.717) is 13.0 Å². The standard InChI is InChI=1S/C24H28N4OS/c29-23(17-22-19-30-24(26-22)21-9-5-2-6-10-21)25-11-12-27-13-15-28(16-14-27)18-20-7-3-1-4-8-20/h1-10,19H,11-18H2,(H,25,29). The molecule has 0 spiro atoms. The van der Waals surface area contributed by atoms with Gasteiger partial charge in [-0.15, -0.1) is 11.3 Å². The first-order valence-electron chi connectivity index (χ1n) is 10.5. The zero-order valence-corrected chi connectivity index (χ0v) is 18.0. The van der Waals surface area contributed by atoms with E-state index >= 15 is 0 Å². The first-order valence-corrected chi connectivity index (χ1v) is 11.4. The second-order valence-corrected chi connectivity index (χ2v) is 8.50. The van der Waals surface area contributed by atoms with Gasteiger partial charge in [-0.2, -0.15) is 0 Å². The molecule has 6 heteroatoms. The Morgan fingerprint density at radius 2 is 1.60 bits per heavy atom. The molecule has 0 aliphatic carbocycles. The summed E-state index contributed by atoms with van der Waals surface area (Å²) in [4.78, 5) is 21.8. The maximum absolute atomic E-state index is 12.3. The maximum Gasteiger partial charge on any atom is 0.226 e. The minimum atomic E-state index is 0.0441. The minimum Gasteiger partial charge on any atom is -0.354 e. The Balaban J connectivity index is 1.14. The van der Waals surface area contributed by atoms with Crippen molar-refractivity contribution in [2.75, 3.05) is 39.3 Å². The number of carbonyl (C=O) groups excluding carboxylic acids is 1. The SMILES string of the molecule is O=C(Cc1csc(-c2ccccc2)n1)NCCN1CCN(Cc2ccccc2)CC1. The molecule has 3 aromatic rings. The average Bonchev–Trinajstić information content (AvgIpc) is 3.25. The highest BCUT2D eigenvalue weighted by atomic mass is 32.1. The van der Waals surface area contributed by atoms with E-state index in [1.807, 2.05) is 35.7 Å². The summed E-state index contributed by atoms with van der Waals surface area (Å²) in [6.07, 6.45) is 0.341. The smallest absolute Gasteiger partial charge is 0.226 e. The number of thiazole rings is 1. The number of benzene rings is 2. The predicted octanol–water partition coefficient (Wildman–Crippen LogP) is 3.29. The van der Waals surface area contributed by atoms with Crippen LogP contribution in [0.2, 0.25) is 0 Å². The van der Waals surface area contributed by atoms with Crippen molar-refractivity contribution in [1.29, 1.82) is 0 Å². The summed E-state index contributed by atoms with van der Waals surface area (Å²) in [5, 5.41) is 5.99. The van der Waals surface area contributed by atoms with E-state index in [-0.39, 0.29) is 5.91 Å². The molecule has 1 aliphatic rings. The molecule has 0 saturated carbocycles. The van der Waals surface area contributed by atoms with Gasteiger partial charge in [-0.1, -0.05) is 60.7 Å².